The number of nitrogens with one attached hydrogen (secondary N) is 2. The van der Waals surface area contributed by atoms with Gasteiger partial charge in [0.2, 0.25) is 11.9 Å². The molecule has 9 heteroatoms. The number of fused-ring (bicyclic) bond motifs is 1. The molecule has 2 heterocycles. The average molecular weight is 421 g/mol. The number of ether oxygens (including phenoxy) is 2. The number of carbonyl (C=O) groups is 2. The maximum absolute atomic E-state index is 12.4. The molecule has 2 N–H and O–H groups in total. The summed E-state index contributed by atoms with van der Waals surface area (Å²) in [7, 11) is 1.52. The molecule has 0 aliphatic carbocycles. The summed E-state index contributed by atoms with van der Waals surface area (Å²) < 4.78 is 12.8. The Morgan fingerprint density at radius 3 is 2.87 bits per heavy atom. The van der Waals surface area contributed by atoms with Crippen LogP contribution in [0.2, 0.25) is 0 Å². The highest BCUT2D eigenvalue weighted by Gasteiger charge is 2.28. The third kappa shape index (κ3) is 4.35. The lowest BCUT2D eigenvalue weighted by Gasteiger charge is -2.24. The second kappa shape index (κ2) is 8.47. The van der Waals surface area contributed by atoms with Crippen molar-refractivity contribution in [2.45, 2.75) is 26.3 Å². The Morgan fingerprint density at radius 2 is 2.06 bits per heavy atom. The Hall–Kier alpha value is -3.88. The summed E-state index contributed by atoms with van der Waals surface area (Å²) in [5.74, 6) is 0.902. The van der Waals surface area contributed by atoms with Crippen molar-refractivity contribution in [3.63, 3.8) is 0 Å². The zero-order chi connectivity index (χ0) is 22.0. The van der Waals surface area contributed by atoms with Crippen molar-refractivity contribution >= 4 is 23.5 Å². The molecule has 0 saturated carbocycles. The van der Waals surface area contributed by atoms with Gasteiger partial charge < -0.3 is 14.8 Å². The molecule has 1 aromatic heterocycles. The van der Waals surface area contributed by atoms with Crippen LogP contribution in [0.15, 0.2) is 42.7 Å². The molecule has 0 unspecified atom stereocenters. The molecule has 1 atom stereocenters. The molecule has 3 aromatic rings. The predicted octanol–water partition coefficient (Wildman–Crippen LogP) is 2.85. The van der Waals surface area contributed by atoms with Crippen LogP contribution in [-0.4, -0.2) is 40.3 Å². The summed E-state index contributed by atoms with van der Waals surface area (Å²) in [5.41, 5.74) is 3.62. The van der Waals surface area contributed by atoms with Gasteiger partial charge in [-0.2, -0.15) is 10.1 Å². The van der Waals surface area contributed by atoms with Gasteiger partial charge in [0.25, 0.3) is 5.91 Å². The minimum absolute atomic E-state index is 0.132. The van der Waals surface area contributed by atoms with Crippen LogP contribution < -0.4 is 20.1 Å². The van der Waals surface area contributed by atoms with E-state index in [1.54, 1.807) is 16.8 Å². The van der Waals surface area contributed by atoms with Crippen molar-refractivity contribution in [3.05, 3.63) is 59.4 Å². The summed E-state index contributed by atoms with van der Waals surface area (Å²) in [4.78, 5) is 28.4. The molecule has 160 valence electrons. The quantitative estimate of drug-likeness (QED) is 0.634. The number of aryl methyl sites for hydroxylation is 2. The van der Waals surface area contributed by atoms with Gasteiger partial charge in [-0.1, -0.05) is 18.2 Å². The number of rotatable bonds is 6. The van der Waals surface area contributed by atoms with Gasteiger partial charge in [-0.15, -0.1) is 0 Å². The summed E-state index contributed by atoms with van der Waals surface area (Å²) in [6.07, 6.45) is 1.63. The minimum Gasteiger partial charge on any atom is -0.493 e. The maximum Gasteiger partial charge on any atom is 0.262 e. The molecule has 1 aliphatic heterocycles. The number of methoxy groups -OCH3 is 1. The third-order valence-electron chi connectivity index (χ3n) is 5.10. The summed E-state index contributed by atoms with van der Waals surface area (Å²) in [5, 5.41) is 9.76. The Kier molecular flexibility index (Phi) is 5.57. The van der Waals surface area contributed by atoms with Crippen LogP contribution in [0.1, 0.15) is 29.2 Å². The molecule has 0 saturated heterocycles. The standard InChI is InChI=1S/C22H23N5O4/c1-13-4-5-14(2)16(8-13)25-21(29)11-31-18-7-6-15(9-19(18)30-3)17-10-20(28)26-22-23-12-24-27(17)22/h4-9,12,17H,10-11H2,1-3H3,(H,25,29)(H,23,24,26,28)/t17-/m1/s1. The Bertz CT molecular complexity index is 1140. The summed E-state index contributed by atoms with van der Waals surface area (Å²) in [6.45, 7) is 3.74. The first kappa shape index (κ1) is 20.4. The van der Waals surface area contributed by atoms with E-state index in [1.165, 1.54) is 13.4 Å². The van der Waals surface area contributed by atoms with Crippen LogP contribution in [-0.2, 0) is 9.59 Å². The predicted molar refractivity (Wildman–Crippen MR) is 114 cm³/mol. The lowest BCUT2D eigenvalue weighted by molar-refractivity contribution is -0.118. The molecule has 4 rings (SSSR count). The Balaban J connectivity index is 1.47. The topological polar surface area (TPSA) is 107 Å². The van der Waals surface area contributed by atoms with Crippen LogP contribution >= 0.6 is 0 Å². The molecule has 2 aromatic carbocycles. The molecule has 0 spiro atoms. The van der Waals surface area contributed by atoms with Gasteiger partial charge in [-0.25, -0.2) is 4.68 Å². The fourth-order valence-corrected chi connectivity index (χ4v) is 3.48. The first-order valence-electron chi connectivity index (χ1n) is 9.82. The molecule has 0 bridgehead atoms. The monoisotopic (exact) mass is 421 g/mol. The van der Waals surface area contributed by atoms with Crippen LogP contribution in [0.5, 0.6) is 11.5 Å². The second-order valence-corrected chi connectivity index (χ2v) is 7.36. The number of hydrogen-bond acceptors (Lipinski definition) is 6. The van der Waals surface area contributed by atoms with Crippen molar-refractivity contribution in [1.82, 2.24) is 14.8 Å². The smallest absolute Gasteiger partial charge is 0.262 e. The minimum atomic E-state index is -0.304. The van der Waals surface area contributed by atoms with E-state index >= 15 is 0 Å². The van der Waals surface area contributed by atoms with E-state index in [0.717, 1.165) is 22.4 Å². The molecule has 0 radical (unpaired) electrons. The molecule has 9 nitrogen and oxygen atoms in total. The van der Waals surface area contributed by atoms with E-state index in [9.17, 15) is 9.59 Å². The molecule has 0 fully saturated rings. The van der Waals surface area contributed by atoms with E-state index in [0.29, 0.717) is 17.4 Å². The van der Waals surface area contributed by atoms with E-state index in [-0.39, 0.29) is 30.9 Å². The zero-order valence-electron chi connectivity index (χ0n) is 17.5. The molecule has 31 heavy (non-hydrogen) atoms. The summed E-state index contributed by atoms with van der Waals surface area (Å²) >= 11 is 0. The number of anilines is 2. The molecular weight excluding hydrogens is 398 g/mol. The second-order valence-electron chi connectivity index (χ2n) is 7.36. The van der Waals surface area contributed by atoms with Crippen molar-refractivity contribution in [2.75, 3.05) is 24.4 Å². The van der Waals surface area contributed by atoms with Crippen molar-refractivity contribution in [2.24, 2.45) is 0 Å². The highest BCUT2D eigenvalue weighted by molar-refractivity contribution is 5.93. The van der Waals surface area contributed by atoms with Gasteiger partial charge in [0.15, 0.2) is 18.1 Å². The number of aromatic nitrogens is 3. The van der Waals surface area contributed by atoms with Crippen LogP contribution in [0.4, 0.5) is 11.6 Å². The summed E-state index contributed by atoms with van der Waals surface area (Å²) in [6, 6.07) is 10.9. The molecule has 2 amide bonds. The van der Waals surface area contributed by atoms with E-state index in [2.05, 4.69) is 20.7 Å². The van der Waals surface area contributed by atoms with Crippen LogP contribution in [0, 0.1) is 13.8 Å². The van der Waals surface area contributed by atoms with Crippen molar-refractivity contribution in [1.29, 1.82) is 0 Å². The lowest BCUT2D eigenvalue weighted by Crippen LogP contribution is -2.29. The molecular formula is C22H23N5O4. The largest absolute Gasteiger partial charge is 0.493 e. The number of carbonyl (C=O) groups excluding carboxylic acids is 2. The Labute approximate surface area is 179 Å². The number of nitrogens with zero attached hydrogens (tertiary/aromatic N) is 3. The number of hydrogen-bond donors (Lipinski definition) is 2. The first-order chi connectivity index (χ1) is 14.9. The highest BCUT2D eigenvalue weighted by atomic mass is 16.5. The highest BCUT2D eigenvalue weighted by Crippen LogP contribution is 2.35. The van der Waals surface area contributed by atoms with E-state index in [4.69, 9.17) is 9.47 Å². The number of benzene rings is 2. The van der Waals surface area contributed by atoms with Crippen LogP contribution in [0.25, 0.3) is 0 Å². The lowest BCUT2D eigenvalue weighted by atomic mass is 10.0. The van der Waals surface area contributed by atoms with Gasteiger partial charge >= 0.3 is 0 Å². The fraction of sp³-hybridized carbons (Fsp3) is 0.273. The van der Waals surface area contributed by atoms with Gasteiger partial charge in [-0.3, -0.25) is 14.9 Å². The van der Waals surface area contributed by atoms with E-state index < -0.39 is 0 Å². The first-order valence-corrected chi connectivity index (χ1v) is 9.82. The van der Waals surface area contributed by atoms with Gasteiger partial charge in [0, 0.05) is 5.69 Å². The SMILES string of the molecule is COc1cc([C@H]2CC(=O)Nc3ncnn32)ccc1OCC(=O)Nc1cc(C)ccc1C. The van der Waals surface area contributed by atoms with Crippen molar-refractivity contribution < 1.29 is 19.1 Å². The zero-order valence-corrected chi connectivity index (χ0v) is 17.5. The number of amides is 2. The maximum atomic E-state index is 12.4. The van der Waals surface area contributed by atoms with Gasteiger partial charge in [-0.05, 0) is 48.7 Å². The van der Waals surface area contributed by atoms with Crippen molar-refractivity contribution in [3.8, 4) is 11.5 Å². The fourth-order valence-electron chi connectivity index (χ4n) is 3.48. The normalized spacial score (nSPS) is 15.1. The van der Waals surface area contributed by atoms with Gasteiger partial charge in [0.1, 0.15) is 6.33 Å². The Morgan fingerprint density at radius 1 is 1.23 bits per heavy atom. The van der Waals surface area contributed by atoms with E-state index in [1.807, 2.05) is 38.1 Å². The third-order valence-corrected chi connectivity index (χ3v) is 5.10. The van der Waals surface area contributed by atoms with Crippen LogP contribution in [0.3, 0.4) is 0 Å². The molecule has 1 aliphatic rings. The average Bonchev–Trinajstić information content (AvgIpc) is 3.22. The van der Waals surface area contributed by atoms with Gasteiger partial charge in [0.05, 0.1) is 19.6 Å².